The Labute approximate surface area is 126 Å². The van der Waals surface area contributed by atoms with E-state index >= 15 is 0 Å². The molecule has 4 heteroatoms. The average Bonchev–Trinajstić information content (AvgIpc) is 2.93. The highest BCUT2D eigenvalue weighted by molar-refractivity contribution is 5.44. The molecule has 0 spiro atoms. The molecule has 1 saturated heterocycles. The maximum Gasteiger partial charge on any atom is 0.231 e. The van der Waals surface area contributed by atoms with Crippen molar-refractivity contribution in [3.63, 3.8) is 0 Å². The molecule has 0 bridgehead atoms. The van der Waals surface area contributed by atoms with Gasteiger partial charge in [-0.2, -0.15) is 0 Å². The molecule has 1 aromatic carbocycles. The highest BCUT2D eigenvalue weighted by Crippen LogP contribution is 2.35. The first-order valence-electron chi connectivity index (χ1n) is 7.97. The van der Waals surface area contributed by atoms with Gasteiger partial charge in [0.15, 0.2) is 17.3 Å². The zero-order valence-electron chi connectivity index (χ0n) is 12.6. The second-order valence-electron chi connectivity index (χ2n) is 6.07. The maximum atomic E-state index is 10.5. The minimum Gasteiger partial charge on any atom is -0.454 e. The fourth-order valence-electron chi connectivity index (χ4n) is 3.15. The van der Waals surface area contributed by atoms with Crippen molar-refractivity contribution in [3.05, 3.63) is 23.8 Å². The van der Waals surface area contributed by atoms with Crippen molar-refractivity contribution in [2.45, 2.75) is 63.8 Å². The average molecular weight is 292 g/mol. The second kappa shape index (κ2) is 6.24. The Morgan fingerprint density at radius 2 is 2.14 bits per heavy atom. The third kappa shape index (κ3) is 3.50. The Hall–Kier alpha value is -1.26. The smallest absolute Gasteiger partial charge is 0.231 e. The molecule has 4 nitrogen and oxygen atoms in total. The lowest BCUT2D eigenvalue weighted by Gasteiger charge is -2.37. The largest absolute Gasteiger partial charge is 0.454 e. The van der Waals surface area contributed by atoms with Gasteiger partial charge in [-0.15, -0.1) is 0 Å². The Balaban J connectivity index is 1.62. The SMILES string of the molecule is CCCCC1(O)CCCC(Cc2ccc3c(c2)OCO3)O1. The predicted molar refractivity (Wildman–Crippen MR) is 79.5 cm³/mol. The van der Waals surface area contributed by atoms with E-state index < -0.39 is 5.79 Å². The fourth-order valence-corrected chi connectivity index (χ4v) is 3.15. The van der Waals surface area contributed by atoms with Crippen molar-refractivity contribution in [3.8, 4) is 11.5 Å². The lowest BCUT2D eigenvalue weighted by atomic mass is 9.94. The summed E-state index contributed by atoms with van der Waals surface area (Å²) in [5, 5.41) is 10.5. The van der Waals surface area contributed by atoms with Crippen LogP contribution in [0.2, 0.25) is 0 Å². The summed E-state index contributed by atoms with van der Waals surface area (Å²) in [7, 11) is 0. The highest BCUT2D eigenvalue weighted by Gasteiger charge is 2.34. The van der Waals surface area contributed by atoms with Crippen LogP contribution >= 0.6 is 0 Å². The first-order valence-corrected chi connectivity index (χ1v) is 7.97. The van der Waals surface area contributed by atoms with Gasteiger partial charge in [0.25, 0.3) is 0 Å². The van der Waals surface area contributed by atoms with Crippen LogP contribution < -0.4 is 9.47 Å². The van der Waals surface area contributed by atoms with E-state index in [0.717, 1.165) is 56.4 Å². The number of hydrogen-bond acceptors (Lipinski definition) is 4. The summed E-state index contributed by atoms with van der Waals surface area (Å²) >= 11 is 0. The van der Waals surface area contributed by atoms with Crippen LogP contribution in [0, 0.1) is 0 Å². The van der Waals surface area contributed by atoms with Crippen LogP contribution in [0.3, 0.4) is 0 Å². The van der Waals surface area contributed by atoms with E-state index in [1.54, 1.807) is 0 Å². The molecule has 116 valence electrons. The Kier molecular flexibility index (Phi) is 4.36. The molecule has 2 atom stereocenters. The standard InChI is InChI=1S/C17H24O4/c1-2-3-8-17(18)9-4-5-14(21-17)10-13-6-7-15-16(11-13)20-12-19-15/h6-7,11,14,18H,2-5,8-10,12H2,1H3. The number of unbranched alkanes of at least 4 members (excludes halogenated alkanes) is 1. The first kappa shape index (κ1) is 14.7. The molecule has 21 heavy (non-hydrogen) atoms. The van der Waals surface area contributed by atoms with Gasteiger partial charge >= 0.3 is 0 Å². The topological polar surface area (TPSA) is 47.9 Å². The second-order valence-corrected chi connectivity index (χ2v) is 6.07. The molecule has 0 radical (unpaired) electrons. The highest BCUT2D eigenvalue weighted by atomic mass is 16.7. The number of rotatable bonds is 5. The van der Waals surface area contributed by atoms with Crippen molar-refractivity contribution in [1.29, 1.82) is 0 Å². The maximum absolute atomic E-state index is 10.5. The van der Waals surface area contributed by atoms with Crippen molar-refractivity contribution in [2.24, 2.45) is 0 Å². The molecule has 2 unspecified atom stereocenters. The van der Waals surface area contributed by atoms with E-state index in [0.29, 0.717) is 6.79 Å². The van der Waals surface area contributed by atoms with E-state index in [2.05, 4.69) is 13.0 Å². The van der Waals surface area contributed by atoms with Crippen molar-refractivity contribution >= 4 is 0 Å². The van der Waals surface area contributed by atoms with Crippen LogP contribution in [0.25, 0.3) is 0 Å². The van der Waals surface area contributed by atoms with Crippen LogP contribution in [-0.4, -0.2) is 23.8 Å². The number of hydrogen-bond donors (Lipinski definition) is 1. The van der Waals surface area contributed by atoms with Gasteiger partial charge in [-0.3, -0.25) is 0 Å². The van der Waals surface area contributed by atoms with E-state index in [9.17, 15) is 5.11 Å². The molecular weight excluding hydrogens is 268 g/mol. The third-order valence-electron chi connectivity index (χ3n) is 4.30. The Bertz CT molecular complexity index is 488. The molecular formula is C17H24O4. The van der Waals surface area contributed by atoms with Crippen molar-refractivity contribution in [1.82, 2.24) is 0 Å². The summed E-state index contributed by atoms with van der Waals surface area (Å²) in [5.74, 6) is 0.697. The summed E-state index contributed by atoms with van der Waals surface area (Å²) in [6.45, 7) is 2.44. The molecule has 0 saturated carbocycles. The molecule has 2 heterocycles. The summed E-state index contributed by atoms with van der Waals surface area (Å²) < 4.78 is 16.7. The number of fused-ring (bicyclic) bond motifs is 1. The van der Waals surface area contributed by atoms with Gasteiger partial charge in [0.1, 0.15) is 0 Å². The van der Waals surface area contributed by atoms with Crippen LogP contribution in [0.5, 0.6) is 11.5 Å². The van der Waals surface area contributed by atoms with Gasteiger partial charge in [-0.25, -0.2) is 0 Å². The summed E-state index contributed by atoms with van der Waals surface area (Å²) in [5.41, 5.74) is 1.17. The Morgan fingerprint density at radius 3 is 3.00 bits per heavy atom. The van der Waals surface area contributed by atoms with Gasteiger partial charge in [-0.05, 0) is 43.4 Å². The van der Waals surface area contributed by atoms with Gasteiger partial charge in [0.05, 0.1) is 6.10 Å². The van der Waals surface area contributed by atoms with Crippen LogP contribution in [0.1, 0.15) is 51.0 Å². The Morgan fingerprint density at radius 1 is 1.29 bits per heavy atom. The van der Waals surface area contributed by atoms with Gasteiger partial charge < -0.3 is 19.3 Å². The molecule has 0 aromatic heterocycles. The predicted octanol–water partition coefficient (Wildman–Crippen LogP) is 3.41. The van der Waals surface area contributed by atoms with E-state index in [-0.39, 0.29) is 6.10 Å². The number of aliphatic hydroxyl groups is 1. The van der Waals surface area contributed by atoms with Crippen LogP contribution in [-0.2, 0) is 11.2 Å². The van der Waals surface area contributed by atoms with Crippen LogP contribution in [0.4, 0.5) is 0 Å². The number of benzene rings is 1. The molecule has 2 aliphatic heterocycles. The monoisotopic (exact) mass is 292 g/mol. The van der Waals surface area contributed by atoms with Crippen molar-refractivity contribution < 1.29 is 19.3 Å². The zero-order valence-corrected chi connectivity index (χ0v) is 12.6. The van der Waals surface area contributed by atoms with Crippen LogP contribution in [0.15, 0.2) is 18.2 Å². The molecule has 1 N–H and O–H groups in total. The molecule has 0 amide bonds. The minimum atomic E-state index is -0.921. The van der Waals surface area contributed by atoms with E-state index in [1.807, 2.05) is 12.1 Å². The zero-order chi connectivity index (χ0) is 14.7. The number of ether oxygens (including phenoxy) is 3. The van der Waals surface area contributed by atoms with E-state index in [1.165, 1.54) is 5.56 Å². The quantitative estimate of drug-likeness (QED) is 0.903. The molecule has 1 fully saturated rings. The molecule has 2 aliphatic rings. The summed E-state index contributed by atoms with van der Waals surface area (Å²) in [4.78, 5) is 0. The van der Waals surface area contributed by atoms with Gasteiger partial charge in [-0.1, -0.05) is 19.4 Å². The summed E-state index contributed by atoms with van der Waals surface area (Å²) in [6, 6.07) is 6.02. The van der Waals surface area contributed by atoms with Crippen molar-refractivity contribution in [2.75, 3.05) is 6.79 Å². The fraction of sp³-hybridized carbons (Fsp3) is 0.647. The normalized spacial score (nSPS) is 27.8. The lowest BCUT2D eigenvalue weighted by Crippen LogP contribution is -2.41. The minimum absolute atomic E-state index is 0.0842. The molecule has 3 rings (SSSR count). The van der Waals surface area contributed by atoms with Gasteiger partial charge in [0, 0.05) is 12.8 Å². The molecule has 1 aromatic rings. The first-order chi connectivity index (χ1) is 10.2. The van der Waals surface area contributed by atoms with Gasteiger partial charge in [0.2, 0.25) is 6.79 Å². The third-order valence-corrected chi connectivity index (χ3v) is 4.30. The molecule has 0 aliphatic carbocycles. The lowest BCUT2D eigenvalue weighted by molar-refractivity contribution is -0.256. The summed E-state index contributed by atoms with van der Waals surface area (Å²) in [6.07, 6.45) is 6.50. The van der Waals surface area contributed by atoms with E-state index in [4.69, 9.17) is 14.2 Å².